The van der Waals surface area contributed by atoms with Crippen LogP contribution in [0.3, 0.4) is 0 Å². The summed E-state index contributed by atoms with van der Waals surface area (Å²) in [5, 5.41) is 6.53. The van der Waals surface area contributed by atoms with E-state index in [2.05, 4.69) is 15.0 Å². The smallest absolute Gasteiger partial charge is 0.264 e. The first-order valence-electron chi connectivity index (χ1n) is 10.7. The fourth-order valence-corrected chi connectivity index (χ4v) is 5.69. The molecule has 4 heterocycles. The quantitative estimate of drug-likeness (QED) is 0.513. The van der Waals surface area contributed by atoms with Crippen LogP contribution in [0.2, 0.25) is 5.02 Å². The van der Waals surface area contributed by atoms with Gasteiger partial charge in [0.2, 0.25) is 5.95 Å². The summed E-state index contributed by atoms with van der Waals surface area (Å²) in [7, 11) is 1.79. The lowest BCUT2D eigenvalue weighted by Gasteiger charge is -2.29. The molecule has 2 bridgehead atoms. The number of hydrogen-bond acceptors (Lipinski definition) is 5. The van der Waals surface area contributed by atoms with Crippen molar-refractivity contribution in [3.05, 3.63) is 39.9 Å². The highest BCUT2D eigenvalue weighted by atomic mass is 35.5. The molecule has 1 saturated carbocycles. The molecule has 1 aromatic carbocycles. The summed E-state index contributed by atoms with van der Waals surface area (Å²) < 4.78 is 3.51. The van der Waals surface area contributed by atoms with Crippen molar-refractivity contribution in [2.75, 3.05) is 11.4 Å². The fraction of sp³-hybridized carbons (Fsp3) is 0.409. The molecule has 9 heteroatoms. The summed E-state index contributed by atoms with van der Waals surface area (Å²) in [4.78, 5) is 23.7. The van der Waals surface area contributed by atoms with Crippen LogP contribution in [0.25, 0.3) is 33.1 Å². The van der Waals surface area contributed by atoms with Gasteiger partial charge in [-0.05, 0) is 31.7 Å². The van der Waals surface area contributed by atoms with Crippen LogP contribution in [-0.4, -0.2) is 42.9 Å². The maximum atomic E-state index is 13.5. The average Bonchev–Trinajstić information content (AvgIpc) is 3.53. The van der Waals surface area contributed by atoms with Crippen molar-refractivity contribution in [2.24, 2.45) is 18.7 Å². The predicted octanol–water partition coefficient (Wildman–Crippen LogP) is 2.88. The van der Waals surface area contributed by atoms with Crippen molar-refractivity contribution in [3.63, 3.8) is 0 Å². The molecule has 3 aromatic heterocycles. The van der Waals surface area contributed by atoms with Crippen LogP contribution in [0.1, 0.15) is 19.8 Å². The Hall–Kier alpha value is -2.84. The van der Waals surface area contributed by atoms with Gasteiger partial charge in [0.1, 0.15) is 5.65 Å². The molecule has 0 amide bonds. The largest absolute Gasteiger partial charge is 0.345 e. The number of benzene rings is 1. The number of rotatable bonds is 3. The lowest BCUT2D eigenvalue weighted by Crippen LogP contribution is -2.40. The molecule has 0 spiro atoms. The highest BCUT2D eigenvalue weighted by molar-refractivity contribution is 6.38. The average molecular weight is 438 g/mol. The van der Waals surface area contributed by atoms with Gasteiger partial charge >= 0.3 is 0 Å². The standard InChI is InChI=1S/C22H24ClN7O/c1-3-29-10-14-15(27-29)6-5-12(18(14)23)13-8-25-20-17(13)21(31)28(2)22(26-20)30-9-11-4-7-16(30)19(11)24/h5-6,8,10-11,16,19,25H,3-4,7,9,24H2,1-2H3/t11?,16-,19-/m1/s1. The summed E-state index contributed by atoms with van der Waals surface area (Å²) in [6, 6.07) is 4.27. The predicted molar refractivity (Wildman–Crippen MR) is 123 cm³/mol. The van der Waals surface area contributed by atoms with Crippen LogP contribution in [0.15, 0.2) is 29.3 Å². The Kier molecular flexibility index (Phi) is 4.01. The van der Waals surface area contributed by atoms with E-state index < -0.39 is 0 Å². The second-order valence-electron chi connectivity index (χ2n) is 8.68. The van der Waals surface area contributed by atoms with E-state index in [-0.39, 0.29) is 17.6 Å². The molecule has 2 aliphatic rings. The van der Waals surface area contributed by atoms with Crippen molar-refractivity contribution in [1.82, 2.24) is 24.3 Å². The summed E-state index contributed by atoms with van der Waals surface area (Å²) in [5.74, 6) is 1.16. The Balaban J connectivity index is 1.51. The zero-order valence-corrected chi connectivity index (χ0v) is 18.2. The number of nitrogens with one attached hydrogen (secondary N) is 1. The molecule has 6 rings (SSSR count). The van der Waals surface area contributed by atoms with Gasteiger partial charge in [0.25, 0.3) is 5.56 Å². The zero-order valence-electron chi connectivity index (χ0n) is 17.5. The molecule has 1 aliphatic carbocycles. The number of fused-ring (bicyclic) bond motifs is 4. The minimum absolute atomic E-state index is 0.0898. The van der Waals surface area contributed by atoms with Gasteiger partial charge < -0.3 is 15.6 Å². The van der Waals surface area contributed by atoms with Gasteiger partial charge in [0.15, 0.2) is 0 Å². The summed E-state index contributed by atoms with van der Waals surface area (Å²) in [5.41, 5.74) is 9.25. The number of piperidine rings is 1. The molecule has 1 aliphatic heterocycles. The summed E-state index contributed by atoms with van der Waals surface area (Å²) in [6.07, 6.45) is 5.97. The van der Waals surface area contributed by atoms with Crippen LogP contribution >= 0.6 is 11.6 Å². The minimum atomic E-state index is -0.0898. The van der Waals surface area contributed by atoms with Crippen LogP contribution < -0.4 is 16.2 Å². The third-order valence-electron chi connectivity index (χ3n) is 7.09. The second kappa shape index (κ2) is 6.58. The Morgan fingerprint density at radius 1 is 1.29 bits per heavy atom. The van der Waals surface area contributed by atoms with Crippen molar-refractivity contribution in [2.45, 2.75) is 38.4 Å². The summed E-state index contributed by atoms with van der Waals surface area (Å²) >= 11 is 6.77. The third-order valence-corrected chi connectivity index (χ3v) is 7.49. The van der Waals surface area contributed by atoms with Crippen LogP contribution in [-0.2, 0) is 13.6 Å². The summed E-state index contributed by atoms with van der Waals surface area (Å²) in [6.45, 7) is 3.66. The van der Waals surface area contributed by atoms with Crippen molar-refractivity contribution in [1.29, 1.82) is 0 Å². The van der Waals surface area contributed by atoms with E-state index >= 15 is 0 Å². The molecule has 3 N–H and O–H groups in total. The number of nitrogens with zero attached hydrogens (tertiary/aromatic N) is 5. The van der Waals surface area contributed by atoms with Crippen molar-refractivity contribution < 1.29 is 0 Å². The lowest BCUT2D eigenvalue weighted by atomic mass is 10.0. The SMILES string of the molecule is CCn1cc2c(Cl)c(-c3c[nH]c4nc(N5CC6CC[C@@H]5[C@@H]6N)n(C)c(=O)c34)ccc2n1. The van der Waals surface area contributed by atoms with Gasteiger partial charge in [-0.25, -0.2) is 0 Å². The van der Waals surface area contributed by atoms with Gasteiger partial charge in [-0.3, -0.25) is 14.0 Å². The molecule has 0 radical (unpaired) electrons. The number of nitrogens with two attached hydrogens (primary N) is 1. The monoisotopic (exact) mass is 437 g/mol. The van der Waals surface area contributed by atoms with Crippen LogP contribution in [0, 0.1) is 5.92 Å². The Morgan fingerprint density at radius 3 is 2.84 bits per heavy atom. The molecular formula is C22H24ClN7O. The first-order chi connectivity index (χ1) is 15.0. The molecule has 8 nitrogen and oxygen atoms in total. The van der Waals surface area contributed by atoms with E-state index in [9.17, 15) is 4.79 Å². The number of anilines is 1. The molecule has 31 heavy (non-hydrogen) atoms. The molecule has 160 valence electrons. The highest BCUT2D eigenvalue weighted by Crippen LogP contribution is 2.40. The molecule has 4 aromatic rings. The van der Waals surface area contributed by atoms with Gasteiger partial charge in [0, 0.05) is 61.1 Å². The maximum absolute atomic E-state index is 13.5. The normalized spacial score (nSPS) is 23.0. The van der Waals surface area contributed by atoms with E-state index in [1.54, 1.807) is 11.6 Å². The van der Waals surface area contributed by atoms with Crippen molar-refractivity contribution in [3.8, 4) is 11.1 Å². The third kappa shape index (κ3) is 2.55. The van der Waals surface area contributed by atoms with Crippen molar-refractivity contribution >= 4 is 39.5 Å². The van der Waals surface area contributed by atoms with Gasteiger partial charge in [-0.1, -0.05) is 17.7 Å². The Bertz CT molecular complexity index is 1400. The number of hydrogen-bond donors (Lipinski definition) is 2. The fourth-order valence-electron chi connectivity index (χ4n) is 5.38. The van der Waals surface area contributed by atoms with Gasteiger partial charge in [-0.15, -0.1) is 0 Å². The van der Waals surface area contributed by atoms with Gasteiger partial charge in [-0.2, -0.15) is 10.1 Å². The Morgan fingerprint density at radius 2 is 2.13 bits per heavy atom. The Labute approximate surface area is 183 Å². The topological polar surface area (TPSA) is 97.8 Å². The molecule has 1 unspecified atom stereocenters. The molecular weight excluding hydrogens is 414 g/mol. The molecule has 2 fully saturated rings. The van der Waals surface area contributed by atoms with Crippen LogP contribution in [0.4, 0.5) is 5.95 Å². The maximum Gasteiger partial charge on any atom is 0.264 e. The second-order valence-corrected chi connectivity index (χ2v) is 9.06. The van der Waals surface area contributed by atoms with Crippen LogP contribution in [0.5, 0.6) is 0 Å². The number of halogens is 1. The molecule has 1 saturated heterocycles. The number of aromatic nitrogens is 5. The number of aromatic amines is 1. The van der Waals surface area contributed by atoms with E-state index in [4.69, 9.17) is 22.3 Å². The number of aryl methyl sites for hydroxylation is 1. The molecule has 3 atom stereocenters. The lowest BCUT2D eigenvalue weighted by molar-refractivity contribution is 0.530. The van der Waals surface area contributed by atoms with E-state index in [1.807, 2.05) is 36.1 Å². The van der Waals surface area contributed by atoms with Gasteiger partial charge in [0.05, 0.1) is 15.9 Å². The van der Waals surface area contributed by atoms with E-state index in [1.165, 1.54) is 0 Å². The number of H-pyrrole nitrogens is 1. The minimum Gasteiger partial charge on any atom is -0.345 e. The first-order valence-corrected chi connectivity index (χ1v) is 11.1. The first kappa shape index (κ1) is 18.9. The van der Waals surface area contributed by atoms with E-state index in [0.29, 0.717) is 27.9 Å². The van der Waals surface area contributed by atoms with E-state index in [0.717, 1.165) is 48.0 Å². The zero-order chi connectivity index (χ0) is 21.4. The highest BCUT2D eigenvalue weighted by Gasteiger charge is 2.46.